The van der Waals surface area contributed by atoms with E-state index in [9.17, 15) is 4.79 Å². The second-order valence-electron chi connectivity index (χ2n) is 3.62. The fourth-order valence-corrected chi connectivity index (χ4v) is 1.26. The molecular formula is C12H18N2O4. The molecule has 2 N–H and O–H groups in total. The number of carboxylic acid groups (broad SMARTS) is 1. The Labute approximate surface area is 106 Å². The number of carbonyl (C=O) groups is 1. The smallest absolute Gasteiger partial charge is 0.337 e. The Bertz CT molecular complexity index is 354. The van der Waals surface area contributed by atoms with Crippen molar-refractivity contribution in [3.05, 3.63) is 23.9 Å². The van der Waals surface area contributed by atoms with Crippen LogP contribution in [0, 0.1) is 0 Å². The molecule has 6 nitrogen and oxygen atoms in total. The summed E-state index contributed by atoms with van der Waals surface area (Å²) in [5.74, 6) is -0.308. The number of hydrogen-bond donors (Lipinski definition) is 2. The first kappa shape index (κ1) is 14.4. The monoisotopic (exact) mass is 254 g/mol. The van der Waals surface area contributed by atoms with E-state index in [1.54, 1.807) is 13.2 Å². The number of aromatic carboxylic acids is 1. The molecular weight excluding hydrogens is 236 g/mol. The number of nitrogens with zero attached hydrogens (tertiary/aromatic N) is 1. The predicted octanol–water partition coefficient (Wildman–Crippen LogP) is 1.24. The van der Waals surface area contributed by atoms with Gasteiger partial charge >= 0.3 is 5.97 Å². The van der Waals surface area contributed by atoms with Crippen LogP contribution in [0.2, 0.25) is 0 Å². The van der Waals surface area contributed by atoms with E-state index >= 15 is 0 Å². The number of rotatable bonds is 9. The standard InChI is InChI=1S/C12H18N2O4/c1-17-7-8-18-6-2-5-13-11-4-3-10(9-14-11)12(15)16/h3-4,9H,2,5-8H2,1H3,(H,13,14)(H,15,16). The van der Waals surface area contributed by atoms with Crippen LogP contribution in [-0.4, -0.2) is 49.5 Å². The molecule has 0 spiro atoms. The van der Waals surface area contributed by atoms with Crippen molar-refractivity contribution in [1.29, 1.82) is 0 Å². The van der Waals surface area contributed by atoms with Crippen molar-refractivity contribution in [3.8, 4) is 0 Å². The van der Waals surface area contributed by atoms with E-state index < -0.39 is 5.97 Å². The molecule has 100 valence electrons. The molecule has 0 unspecified atom stereocenters. The maximum atomic E-state index is 10.6. The van der Waals surface area contributed by atoms with Gasteiger partial charge in [-0.3, -0.25) is 0 Å². The average Bonchev–Trinajstić information content (AvgIpc) is 2.38. The number of pyridine rings is 1. The first-order valence-corrected chi connectivity index (χ1v) is 5.74. The molecule has 1 aromatic heterocycles. The topological polar surface area (TPSA) is 80.7 Å². The molecule has 0 aliphatic heterocycles. The molecule has 0 atom stereocenters. The van der Waals surface area contributed by atoms with Crippen molar-refractivity contribution in [1.82, 2.24) is 4.98 Å². The van der Waals surface area contributed by atoms with Gasteiger partial charge in [0.1, 0.15) is 5.82 Å². The van der Waals surface area contributed by atoms with Gasteiger partial charge in [0.05, 0.1) is 18.8 Å². The Balaban J connectivity index is 2.14. The second kappa shape index (κ2) is 8.43. The number of anilines is 1. The summed E-state index contributed by atoms with van der Waals surface area (Å²) in [6.45, 7) is 2.59. The first-order valence-electron chi connectivity index (χ1n) is 5.74. The molecule has 0 aromatic carbocycles. The molecule has 0 radical (unpaired) electrons. The van der Waals surface area contributed by atoms with Crippen LogP contribution in [0.15, 0.2) is 18.3 Å². The lowest BCUT2D eigenvalue weighted by Crippen LogP contribution is -2.09. The van der Waals surface area contributed by atoms with E-state index in [0.717, 1.165) is 13.0 Å². The fourth-order valence-electron chi connectivity index (χ4n) is 1.26. The lowest BCUT2D eigenvalue weighted by Gasteiger charge is -2.06. The van der Waals surface area contributed by atoms with Crippen molar-refractivity contribution in [2.24, 2.45) is 0 Å². The van der Waals surface area contributed by atoms with Gasteiger partial charge in [-0.25, -0.2) is 9.78 Å². The van der Waals surface area contributed by atoms with Gasteiger partial charge in [-0.2, -0.15) is 0 Å². The number of nitrogens with one attached hydrogen (secondary N) is 1. The summed E-state index contributed by atoms with van der Waals surface area (Å²) in [6, 6.07) is 3.17. The zero-order valence-electron chi connectivity index (χ0n) is 10.4. The SMILES string of the molecule is COCCOCCCNc1ccc(C(=O)O)cn1. The predicted molar refractivity (Wildman–Crippen MR) is 67.0 cm³/mol. The summed E-state index contributed by atoms with van der Waals surface area (Å²) in [6.07, 6.45) is 2.19. The lowest BCUT2D eigenvalue weighted by molar-refractivity contribution is 0.0696. The van der Waals surface area contributed by atoms with Gasteiger partial charge in [-0.1, -0.05) is 0 Å². The molecule has 0 fully saturated rings. The van der Waals surface area contributed by atoms with Crippen LogP contribution < -0.4 is 5.32 Å². The van der Waals surface area contributed by atoms with Gasteiger partial charge in [0.2, 0.25) is 0 Å². The molecule has 0 amide bonds. The summed E-state index contributed by atoms with van der Waals surface area (Å²) in [5, 5.41) is 11.8. The molecule has 6 heteroatoms. The van der Waals surface area contributed by atoms with Gasteiger partial charge in [-0.15, -0.1) is 0 Å². The van der Waals surface area contributed by atoms with Crippen molar-refractivity contribution >= 4 is 11.8 Å². The minimum Gasteiger partial charge on any atom is -0.478 e. The summed E-state index contributed by atoms with van der Waals surface area (Å²) >= 11 is 0. The molecule has 1 rings (SSSR count). The minimum absolute atomic E-state index is 0.184. The highest BCUT2D eigenvalue weighted by Crippen LogP contribution is 2.04. The Morgan fingerprint density at radius 2 is 2.22 bits per heavy atom. The molecule has 1 heterocycles. The molecule has 18 heavy (non-hydrogen) atoms. The van der Waals surface area contributed by atoms with Crippen molar-refractivity contribution in [2.45, 2.75) is 6.42 Å². The molecule has 0 saturated carbocycles. The van der Waals surface area contributed by atoms with Crippen LogP contribution in [0.1, 0.15) is 16.8 Å². The lowest BCUT2D eigenvalue weighted by atomic mass is 10.3. The maximum absolute atomic E-state index is 10.6. The van der Waals surface area contributed by atoms with Gasteiger partial charge in [-0.05, 0) is 18.6 Å². The average molecular weight is 254 g/mol. The Morgan fingerprint density at radius 3 is 2.83 bits per heavy atom. The molecule has 0 aliphatic carbocycles. The third-order valence-corrected chi connectivity index (χ3v) is 2.21. The van der Waals surface area contributed by atoms with Gasteiger partial charge in [0, 0.05) is 26.5 Å². The summed E-state index contributed by atoms with van der Waals surface area (Å²) in [4.78, 5) is 14.6. The van der Waals surface area contributed by atoms with E-state index in [1.165, 1.54) is 12.3 Å². The Kier molecular flexibility index (Phi) is 6.75. The van der Waals surface area contributed by atoms with Gasteiger partial charge in [0.15, 0.2) is 0 Å². The zero-order valence-corrected chi connectivity index (χ0v) is 10.4. The van der Waals surface area contributed by atoms with Crippen LogP contribution in [0.4, 0.5) is 5.82 Å². The quantitative estimate of drug-likeness (QED) is 0.645. The number of ether oxygens (including phenoxy) is 2. The van der Waals surface area contributed by atoms with Crippen molar-refractivity contribution in [2.75, 3.05) is 38.8 Å². The minimum atomic E-state index is -0.972. The van der Waals surface area contributed by atoms with Gasteiger partial charge < -0.3 is 19.9 Å². The van der Waals surface area contributed by atoms with Crippen molar-refractivity contribution in [3.63, 3.8) is 0 Å². The van der Waals surface area contributed by atoms with E-state index in [-0.39, 0.29) is 5.56 Å². The van der Waals surface area contributed by atoms with Crippen LogP contribution in [0.5, 0.6) is 0 Å². The van der Waals surface area contributed by atoms with Crippen LogP contribution in [0.3, 0.4) is 0 Å². The molecule has 0 saturated heterocycles. The number of methoxy groups -OCH3 is 1. The highest BCUT2D eigenvalue weighted by atomic mass is 16.5. The summed E-state index contributed by atoms with van der Waals surface area (Å²) in [5.41, 5.74) is 0.184. The number of hydrogen-bond acceptors (Lipinski definition) is 5. The largest absolute Gasteiger partial charge is 0.478 e. The van der Waals surface area contributed by atoms with Crippen LogP contribution in [0.25, 0.3) is 0 Å². The molecule has 0 aliphatic rings. The zero-order chi connectivity index (χ0) is 13.2. The second-order valence-corrected chi connectivity index (χ2v) is 3.62. The third kappa shape index (κ3) is 5.60. The van der Waals surface area contributed by atoms with Crippen LogP contribution >= 0.6 is 0 Å². The Hall–Kier alpha value is -1.66. The molecule has 1 aromatic rings. The van der Waals surface area contributed by atoms with Crippen molar-refractivity contribution < 1.29 is 19.4 Å². The summed E-state index contributed by atoms with van der Waals surface area (Å²) < 4.78 is 10.1. The van der Waals surface area contributed by atoms with Crippen LogP contribution in [-0.2, 0) is 9.47 Å². The number of aromatic nitrogens is 1. The van der Waals surface area contributed by atoms with E-state index in [4.69, 9.17) is 14.6 Å². The van der Waals surface area contributed by atoms with Gasteiger partial charge in [0.25, 0.3) is 0 Å². The third-order valence-electron chi connectivity index (χ3n) is 2.21. The number of carboxylic acids is 1. The highest BCUT2D eigenvalue weighted by Gasteiger charge is 2.02. The first-order chi connectivity index (χ1) is 8.74. The van der Waals surface area contributed by atoms with E-state index in [0.29, 0.717) is 25.6 Å². The molecule has 0 bridgehead atoms. The summed E-state index contributed by atoms with van der Waals surface area (Å²) in [7, 11) is 1.64. The Morgan fingerprint density at radius 1 is 1.39 bits per heavy atom. The normalized spacial score (nSPS) is 10.3. The highest BCUT2D eigenvalue weighted by molar-refractivity contribution is 5.87. The van der Waals surface area contributed by atoms with E-state index in [2.05, 4.69) is 10.3 Å². The van der Waals surface area contributed by atoms with E-state index in [1.807, 2.05) is 0 Å². The fraction of sp³-hybridized carbons (Fsp3) is 0.500. The maximum Gasteiger partial charge on any atom is 0.337 e.